The maximum absolute atomic E-state index is 12.0. The summed E-state index contributed by atoms with van der Waals surface area (Å²) in [6.07, 6.45) is 1.16. The minimum Gasteiger partial charge on any atom is -0.465 e. The van der Waals surface area contributed by atoms with Crippen LogP contribution in [0.1, 0.15) is 31.8 Å². The highest BCUT2D eigenvalue weighted by Gasteiger charge is 2.24. The van der Waals surface area contributed by atoms with Crippen LogP contribution in [0.25, 0.3) is 0 Å². The maximum Gasteiger partial charge on any atom is 0.353 e. The summed E-state index contributed by atoms with van der Waals surface area (Å²) < 4.78 is 9.42. The smallest absolute Gasteiger partial charge is 0.353 e. The van der Waals surface area contributed by atoms with Crippen molar-refractivity contribution in [1.29, 1.82) is 0 Å². The van der Waals surface area contributed by atoms with Crippen LogP contribution in [0.2, 0.25) is 0 Å². The van der Waals surface area contributed by atoms with Gasteiger partial charge < -0.3 is 20.1 Å². The lowest BCUT2D eigenvalue weighted by molar-refractivity contribution is -0.383. The summed E-state index contributed by atoms with van der Waals surface area (Å²) >= 11 is 0. The number of aromatic nitrogens is 2. The lowest BCUT2D eigenvalue weighted by atomic mass is 10.1. The van der Waals surface area contributed by atoms with Gasteiger partial charge in [-0.05, 0) is 30.7 Å². The molecule has 0 aliphatic carbocycles. The fraction of sp³-hybridized carbons (Fsp3) is 0.182. The molecule has 170 valence electrons. The molecule has 0 spiro atoms. The zero-order chi connectivity index (χ0) is 24.0. The summed E-state index contributed by atoms with van der Waals surface area (Å²) in [5.74, 6) is -1.50. The fourth-order valence-corrected chi connectivity index (χ4v) is 2.97. The number of rotatable bonds is 8. The first-order chi connectivity index (χ1) is 15.8. The number of hydrogen-bond acceptors (Lipinski definition) is 10. The summed E-state index contributed by atoms with van der Waals surface area (Å²) in [5, 5.41) is 17.6. The Kier molecular flexibility index (Phi) is 7.13. The molecular formula is C22H21N5O6. The summed E-state index contributed by atoms with van der Waals surface area (Å²) in [6.45, 7) is 2.27. The van der Waals surface area contributed by atoms with Crippen LogP contribution in [0.5, 0.6) is 0 Å². The van der Waals surface area contributed by atoms with Gasteiger partial charge >= 0.3 is 17.6 Å². The molecule has 0 bridgehead atoms. The Bertz CT molecular complexity index is 1160. The predicted octanol–water partition coefficient (Wildman–Crippen LogP) is 3.62. The Hall–Kier alpha value is -4.54. The van der Waals surface area contributed by atoms with E-state index in [2.05, 4.69) is 20.6 Å². The van der Waals surface area contributed by atoms with Gasteiger partial charge in [0.25, 0.3) is 0 Å². The Balaban J connectivity index is 1.95. The monoisotopic (exact) mass is 451 g/mol. The molecule has 0 saturated heterocycles. The largest absolute Gasteiger partial charge is 0.465 e. The highest BCUT2D eigenvalue weighted by Crippen LogP contribution is 2.32. The number of carbonyl (C=O) groups is 2. The third kappa shape index (κ3) is 5.58. The molecule has 0 fully saturated rings. The number of ether oxygens (including phenoxy) is 2. The van der Waals surface area contributed by atoms with Gasteiger partial charge in [-0.25, -0.2) is 19.6 Å². The second-order valence-electron chi connectivity index (χ2n) is 6.92. The number of anilines is 3. The maximum atomic E-state index is 12.0. The van der Waals surface area contributed by atoms with Crippen LogP contribution < -0.4 is 10.6 Å². The van der Waals surface area contributed by atoms with E-state index in [4.69, 9.17) is 9.47 Å². The highest BCUT2D eigenvalue weighted by molar-refractivity contribution is 5.97. The van der Waals surface area contributed by atoms with Crippen LogP contribution in [0.4, 0.5) is 23.0 Å². The summed E-state index contributed by atoms with van der Waals surface area (Å²) in [4.78, 5) is 43.2. The van der Waals surface area contributed by atoms with Gasteiger partial charge in [-0.3, -0.25) is 10.1 Å². The van der Waals surface area contributed by atoms with Crippen LogP contribution >= 0.6 is 0 Å². The molecule has 0 saturated carbocycles. The third-order valence-corrected chi connectivity index (χ3v) is 4.62. The quantitative estimate of drug-likeness (QED) is 0.296. The second-order valence-corrected chi connectivity index (χ2v) is 6.92. The Morgan fingerprint density at radius 2 is 1.55 bits per heavy atom. The lowest BCUT2D eigenvalue weighted by Crippen LogP contribution is -2.10. The van der Waals surface area contributed by atoms with Gasteiger partial charge in [0, 0.05) is 12.2 Å². The van der Waals surface area contributed by atoms with E-state index < -0.39 is 22.5 Å². The van der Waals surface area contributed by atoms with Crippen molar-refractivity contribution in [3.63, 3.8) is 0 Å². The average molecular weight is 451 g/mol. The molecule has 11 heteroatoms. The molecule has 2 aromatic carbocycles. The number of aryl methyl sites for hydroxylation is 1. The van der Waals surface area contributed by atoms with Crippen LogP contribution in [0.15, 0.2) is 48.8 Å². The molecule has 3 aromatic rings. The van der Waals surface area contributed by atoms with Crippen molar-refractivity contribution >= 4 is 34.9 Å². The lowest BCUT2D eigenvalue weighted by Gasteiger charge is -2.12. The number of methoxy groups -OCH3 is 2. The number of hydrogen-bond donors (Lipinski definition) is 2. The second kappa shape index (κ2) is 10.2. The average Bonchev–Trinajstić information content (AvgIpc) is 2.82. The van der Waals surface area contributed by atoms with Gasteiger partial charge in [-0.15, -0.1) is 0 Å². The number of nitrogens with one attached hydrogen (secondary N) is 2. The van der Waals surface area contributed by atoms with E-state index >= 15 is 0 Å². The van der Waals surface area contributed by atoms with Crippen LogP contribution in [0, 0.1) is 17.0 Å². The summed E-state index contributed by atoms with van der Waals surface area (Å²) in [7, 11) is 2.39. The van der Waals surface area contributed by atoms with E-state index in [1.807, 2.05) is 31.2 Å². The molecule has 0 atom stereocenters. The van der Waals surface area contributed by atoms with E-state index in [1.54, 1.807) is 0 Å². The topological polar surface area (TPSA) is 146 Å². The predicted molar refractivity (Wildman–Crippen MR) is 120 cm³/mol. The molecule has 3 rings (SSSR count). The van der Waals surface area contributed by atoms with E-state index in [0.29, 0.717) is 6.54 Å². The molecule has 0 unspecified atom stereocenters. The first-order valence-electron chi connectivity index (χ1n) is 9.70. The molecule has 0 amide bonds. The first kappa shape index (κ1) is 23.1. The van der Waals surface area contributed by atoms with Gasteiger partial charge in [0.2, 0.25) is 11.6 Å². The number of esters is 2. The van der Waals surface area contributed by atoms with Crippen LogP contribution in [-0.4, -0.2) is 41.0 Å². The van der Waals surface area contributed by atoms with Gasteiger partial charge in [-0.1, -0.05) is 29.8 Å². The van der Waals surface area contributed by atoms with Gasteiger partial charge in [0.15, 0.2) is 0 Å². The molecule has 33 heavy (non-hydrogen) atoms. The zero-order valence-corrected chi connectivity index (χ0v) is 18.1. The number of nitro groups is 1. The van der Waals surface area contributed by atoms with Gasteiger partial charge in [0.1, 0.15) is 6.33 Å². The highest BCUT2D eigenvalue weighted by atomic mass is 16.6. The van der Waals surface area contributed by atoms with Crippen molar-refractivity contribution in [3.8, 4) is 0 Å². The van der Waals surface area contributed by atoms with Crippen molar-refractivity contribution in [2.75, 3.05) is 24.9 Å². The molecule has 0 aliphatic rings. The van der Waals surface area contributed by atoms with Crippen LogP contribution in [0.3, 0.4) is 0 Å². The van der Waals surface area contributed by atoms with Crippen molar-refractivity contribution in [1.82, 2.24) is 9.97 Å². The van der Waals surface area contributed by atoms with Crippen molar-refractivity contribution in [2.45, 2.75) is 13.5 Å². The zero-order valence-electron chi connectivity index (χ0n) is 18.1. The Labute approximate surface area is 188 Å². The first-order valence-corrected chi connectivity index (χ1v) is 9.70. The molecule has 0 radical (unpaired) electrons. The molecule has 2 N–H and O–H groups in total. The number of carbonyl (C=O) groups excluding carboxylic acids is 2. The normalized spacial score (nSPS) is 10.3. The Morgan fingerprint density at radius 3 is 2.09 bits per heavy atom. The molecule has 11 nitrogen and oxygen atoms in total. The minimum absolute atomic E-state index is 0.00962. The minimum atomic E-state index is -0.693. The number of benzene rings is 2. The summed E-state index contributed by atoms with van der Waals surface area (Å²) in [6, 6.07) is 11.7. The standard InChI is InChI=1S/C22H21N5O6/c1-13-4-6-14(7-5-13)11-23-19-18(27(30)31)20(25-12-24-19)26-17-9-15(21(28)32-2)8-16(10-17)22(29)33-3/h4-10,12H,11H2,1-3H3,(H2,23,24,25,26). The Morgan fingerprint density at radius 1 is 0.970 bits per heavy atom. The molecular weight excluding hydrogens is 430 g/mol. The fourth-order valence-electron chi connectivity index (χ4n) is 2.97. The van der Waals surface area contributed by atoms with Crippen LogP contribution in [-0.2, 0) is 16.0 Å². The van der Waals surface area contributed by atoms with Gasteiger partial charge in [-0.2, -0.15) is 0 Å². The van der Waals surface area contributed by atoms with Crippen molar-refractivity contribution in [3.05, 3.63) is 81.2 Å². The van der Waals surface area contributed by atoms with Gasteiger partial charge in [0.05, 0.1) is 30.3 Å². The SMILES string of the molecule is COC(=O)c1cc(Nc2ncnc(NCc3ccc(C)cc3)c2[N+](=O)[O-])cc(C(=O)OC)c1. The van der Waals surface area contributed by atoms with E-state index in [9.17, 15) is 19.7 Å². The third-order valence-electron chi connectivity index (χ3n) is 4.62. The van der Waals surface area contributed by atoms with E-state index in [1.165, 1.54) is 32.4 Å². The molecule has 1 aromatic heterocycles. The van der Waals surface area contributed by atoms with Crippen molar-refractivity contribution < 1.29 is 24.0 Å². The van der Waals surface area contributed by atoms with Crippen molar-refractivity contribution in [2.24, 2.45) is 0 Å². The molecule has 1 heterocycles. The number of nitrogens with zero attached hydrogens (tertiary/aromatic N) is 3. The molecule has 0 aliphatic heterocycles. The van der Waals surface area contributed by atoms with E-state index in [-0.39, 0.29) is 28.5 Å². The van der Waals surface area contributed by atoms with E-state index in [0.717, 1.165) is 17.5 Å². The summed E-state index contributed by atoms with van der Waals surface area (Å²) in [5.41, 5.74) is 1.92.